The lowest BCUT2D eigenvalue weighted by Crippen LogP contribution is -2.32. The number of aliphatic hydroxyl groups excluding tert-OH is 1. The third-order valence-electron chi connectivity index (χ3n) is 3.35. The number of carbonyl (C=O) groups excluding carboxylic acids is 1. The van der Waals surface area contributed by atoms with Crippen LogP contribution in [0.15, 0.2) is 36.7 Å². The number of carbonyl (C=O) groups is 1. The summed E-state index contributed by atoms with van der Waals surface area (Å²) in [6.45, 7) is 6.34. The van der Waals surface area contributed by atoms with Gasteiger partial charge in [-0.25, -0.2) is 4.68 Å². The van der Waals surface area contributed by atoms with E-state index in [4.69, 9.17) is 0 Å². The molecule has 0 saturated carbocycles. The second-order valence-electron chi connectivity index (χ2n) is 6.00. The zero-order chi connectivity index (χ0) is 16.1. The highest BCUT2D eigenvalue weighted by atomic mass is 16.3. The van der Waals surface area contributed by atoms with Crippen LogP contribution in [-0.2, 0) is 0 Å². The third-order valence-corrected chi connectivity index (χ3v) is 3.35. The first-order chi connectivity index (χ1) is 10.5. The Labute approximate surface area is 131 Å². The molecule has 0 radical (unpaired) electrons. The molecule has 0 saturated heterocycles. The van der Waals surface area contributed by atoms with Gasteiger partial charge in [-0.2, -0.15) is 5.10 Å². The van der Waals surface area contributed by atoms with Crippen LogP contribution in [0.4, 0.5) is 0 Å². The lowest BCUT2D eigenvalue weighted by molar-refractivity contribution is 0.0900. The highest BCUT2D eigenvalue weighted by molar-refractivity contribution is 5.94. The van der Waals surface area contributed by atoms with E-state index in [2.05, 4.69) is 10.4 Å². The molecule has 1 amide bonds. The summed E-state index contributed by atoms with van der Waals surface area (Å²) in [5, 5.41) is 16.8. The Kier molecular flexibility index (Phi) is 5.33. The van der Waals surface area contributed by atoms with E-state index in [-0.39, 0.29) is 12.5 Å². The van der Waals surface area contributed by atoms with Crippen LogP contribution < -0.4 is 5.32 Å². The van der Waals surface area contributed by atoms with Gasteiger partial charge in [-0.1, -0.05) is 13.8 Å². The fourth-order valence-corrected chi connectivity index (χ4v) is 2.26. The van der Waals surface area contributed by atoms with Gasteiger partial charge in [0.2, 0.25) is 0 Å². The maximum Gasteiger partial charge on any atom is 0.251 e. The molecule has 1 aromatic heterocycles. The van der Waals surface area contributed by atoms with Crippen molar-refractivity contribution in [3.8, 4) is 5.69 Å². The van der Waals surface area contributed by atoms with E-state index in [9.17, 15) is 9.90 Å². The molecule has 2 aromatic rings. The Morgan fingerprint density at radius 2 is 2.00 bits per heavy atom. The lowest BCUT2D eigenvalue weighted by atomic mass is 10.1. The zero-order valence-corrected chi connectivity index (χ0v) is 13.3. The Hall–Kier alpha value is -2.14. The molecule has 1 aromatic carbocycles. The smallest absolute Gasteiger partial charge is 0.251 e. The summed E-state index contributed by atoms with van der Waals surface area (Å²) >= 11 is 0. The molecule has 0 bridgehead atoms. The molecule has 5 heteroatoms. The van der Waals surface area contributed by atoms with Crippen LogP contribution >= 0.6 is 0 Å². The van der Waals surface area contributed by atoms with Crippen LogP contribution in [0.1, 0.15) is 36.2 Å². The van der Waals surface area contributed by atoms with Crippen molar-refractivity contribution >= 4 is 5.91 Å². The number of amides is 1. The molecule has 5 nitrogen and oxygen atoms in total. The maximum absolute atomic E-state index is 12.0. The highest BCUT2D eigenvalue weighted by Crippen LogP contribution is 2.10. The van der Waals surface area contributed by atoms with Gasteiger partial charge in [0, 0.05) is 18.3 Å². The highest BCUT2D eigenvalue weighted by Gasteiger charge is 2.10. The van der Waals surface area contributed by atoms with E-state index in [0.29, 0.717) is 17.9 Å². The minimum absolute atomic E-state index is 0.175. The molecule has 2 N–H and O–H groups in total. The minimum atomic E-state index is -0.504. The second kappa shape index (κ2) is 7.22. The summed E-state index contributed by atoms with van der Waals surface area (Å²) in [6.07, 6.45) is 3.89. The monoisotopic (exact) mass is 301 g/mol. The van der Waals surface area contributed by atoms with Crippen molar-refractivity contribution in [1.29, 1.82) is 0 Å². The van der Waals surface area contributed by atoms with Crippen molar-refractivity contribution in [2.24, 2.45) is 5.92 Å². The van der Waals surface area contributed by atoms with E-state index in [1.54, 1.807) is 23.0 Å². The number of nitrogens with one attached hydrogen (secondary N) is 1. The Balaban J connectivity index is 1.94. The van der Waals surface area contributed by atoms with Crippen molar-refractivity contribution in [2.45, 2.75) is 33.3 Å². The van der Waals surface area contributed by atoms with Crippen molar-refractivity contribution in [1.82, 2.24) is 15.1 Å². The first-order valence-electron chi connectivity index (χ1n) is 7.53. The fraction of sp³-hybridized carbons (Fsp3) is 0.412. The van der Waals surface area contributed by atoms with Crippen LogP contribution in [0.5, 0.6) is 0 Å². The average Bonchev–Trinajstić information content (AvgIpc) is 2.91. The van der Waals surface area contributed by atoms with Crippen LogP contribution in [0.25, 0.3) is 5.69 Å². The lowest BCUT2D eigenvalue weighted by Gasteiger charge is -2.14. The largest absolute Gasteiger partial charge is 0.391 e. The number of aliphatic hydroxyl groups is 1. The van der Waals surface area contributed by atoms with Crippen LogP contribution in [-0.4, -0.2) is 33.4 Å². The quantitative estimate of drug-likeness (QED) is 0.860. The van der Waals surface area contributed by atoms with Gasteiger partial charge >= 0.3 is 0 Å². The summed E-state index contributed by atoms with van der Waals surface area (Å²) in [6, 6.07) is 7.23. The molecule has 0 aliphatic carbocycles. The van der Waals surface area contributed by atoms with Gasteiger partial charge in [-0.05, 0) is 49.1 Å². The van der Waals surface area contributed by atoms with E-state index in [1.807, 2.05) is 39.1 Å². The molecule has 0 aliphatic rings. The van der Waals surface area contributed by atoms with Gasteiger partial charge in [-0.15, -0.1) is 0 Å². The zero-order valence-electron chi connectivity index (χ0n) is 13.3. The fourth-order valence-electron chi connectivity index (χ4n) is 2.26. The molecule has 1 unspecified atom stereocenters. The normalized spacial score (nSPS) is 12.4. The van der Waals surface area contributed by atoms with Gasteiger partial charge in [0.05, 0.1) is 18.0 Å². The SMILES string of the molecule is Cc1cnn(-c2ccc(C(=O)NCC(O)CC(C)C)cc2)c1. The number of hydrogen-bond donors (Lipinski definition) is 2. The molecule has 0 spiro atoms. The van der Waals surface area contributed by atoms with Crippen molar-refractivity contribution < 1.29 is 9.90 Å². The average molecular weight is 301 g/mol. The summed E-state index contributed by atoms with van der Waals surface area (Å²) in [4.78, 5) is 12.0. The molecule has 1 atom stereocenters. The summed E-state index contributed by atoms with van der Waals surface area (Å²) in [7, 11) is 0. The number of rotatable bonds is 6. The van der Waals surface area contributed by atoms with Gasteiger partial charge in [-0.3, -0.25) is 4.79 Å². The molecule has 118 valence electrons. The summed E-state index contributed by atoms with van der Waals surface area (Å²) < 4.78 is 1.77. The van der Waals surface area contributed by atoms with Gasteiger partial charge in [0.25, 0.3) is 5.91 Å². The summed E-state index contributed by atoms with van der Waals surface area (Å²) in [5.74, 6) is 0.231. The van der Waals surface area contributed by atoms with Crippen LogP contribution in [0.2, 0.25) is 0 Å². The standard InChI is InChI=1S/C17H23N3O2/c1-12(2)8-16(21)10-18-17(22)14-4-6-15(7-5-14)20-11-13(3)9-19-20/h4-7,9,11-12,16,21H,8,10H2,1-3H3,(H,18,22). The van der Waals surface area contributed by atoms with Crippen molar-refractivity contribution in [2.75, 3.05) is 6.54 Å². The van der Waals surface area contributed by atoms with Crippen LogP contribution in [0.3, 0.4) is 0 Å². The summed E-state index contributed by atoms with van der Waals surface area (Å²) in [5.41, 5.74) is 2.56. The molecular weight excluding hydrogens is 278 g/mol. The molecule has 0 aliphatic heterocycles. The van der Waals surface area contributed by atoms with Gasteiger partial charge in [0.15, 0.2) is 0 Å². The number of hydrogen-bond acceptors (Lipinski definition) is 3. The van der Waals surface area contributed by atoms with E-state index < -0.39 is 6.10 Å². The predicted octanol–water partition coefficient (Wildman–Crippen LogP) is 2.32. The third kappa shape index (κ3) is 4.43. The number of aromatic nitrogens is 2. The number of benzene rings is 1. The van der Waals surface area contributed by atoms with Crippen LogP contribution in [0, 0.1) is 12.8 Å². The Morgan fingerprint density at radius 1 is 1.32 bits per heavy atom. The molecule has 2 rings (SSSR count). The maximum atomic E-state index is 12.0. The first-order valence-corrected chi connectivity index (χ1v) is 7.53. The van der Waals surface area contributed by atoms with Gasteiger partial charge in [0.1, 0.15) is 0 Å². The first kappa shape index (κ1) is 16.2. The van der Waals surface area contributed by atoms with Crippen molar-refractivity contribution in [3.05, 3.63) is 47.8 Å². The van der Waals surface area contributed by atoms with Gasteiger partial charge < -0.3 is 10.4 Å². The molecule has 22 heavy (non-hydrogen) atoms. The topological polar surface area (TPSA) is 67.2 Å². The number of aryl methyl sites for hydroxylation is 1. The second-order valence-corrected chi connectivity index (χ2v) is 6.00. The van der Waals surface area contributed by atoms with E-state index in [0.717, 1.165) is 11.3 Å². The molecular formula is C17H23N3O2. The predicted molar refractivity (Wildman–Crippen MR) is 86.1 cm³/mol. The minimum Gasteiger partial charge on any atom is -0.391 e. The Morgan fingerprint density at radius 3 is 2.55 bits per heavy atom. The van der Waals surface area contributed by atoms with E-state index >= 15 is 0 Å². The molecule has 0 fully saturated rings. The number of nitrogens with zero attached hydrogens (tertiary/aromatic N) is 2. The molecule has 1 heterocycles. The van der Waals surface area contributed by atoms with Crippen molar-refractivity contribution in [3.63, 3.8) is 0 Å². The Bertz CT molecular complexity index is 617. The van der Waals surface area contributed by atoms with E-state index in [1.165, 1.54) is 0 Å².